The standard InChI is InChI=1S/C22H28N2O3.C13H14N2/c1-22(2,3)27-21(26)24(4)16-20(25)15-18(17-10-6-5-7-11-17)14-19-12-8-9-13-23-19;14-13(11-6-2-1-3-7-11)10-12-8-4-5-9-15-12/h5-13,18H,14-16H2,1-4H3;1-9,13H,10,14H2/t18-;13-/m10/s1. The predicted molar refractivity (Wildman–Crippen MR) is 167 cm³/mol. The van der Waals surface area contributed by atoms with Crippen molar-refractivity contribution in [1.82, 2.24) is 14.9 Å². The summed E-state index contributed by atoms with van der Waals surface area (Å²) in [4.78, 5) is 34.7. The Morgan fingerprint density at radius 1 is 0.762 bits per heavy atom. The SMILES string of the molecule is CN(CC(=O)C[C@@H](Cc1ccccn1)c1ccccc1)C(=O)OC(C)(C)C.N[C@@H](Cc1ccccn1)c1ccccc1. The van der Waals surface area contributed by atoms with Gasteiger partial charge in [0.25, 0.3) is 0 Å². The average molecular weight is 567 g/mol. The lowest BCUT2D eigenvalue weighted by molar-refractivity contribution is -0.120. The van der Waals surface area contributed by atoms with Gasteiger partial charge >= 0.3 is 6.09 Å². The highest BCUT2D eigenvalue weighted by molar-refractivity contribution is 5.84. The van der Waals surface area contributed by atoms with Crippen LogP contribution in [-0.2, 0) is 22.4 Å². The maximum atomic E-state index is 12.6. The Morgan fingerprint density at radius 3 is 1.76 bits per heavy atom. The zero-order valence-corrected chi connectivity index (χ0v) is 25.0. The van der Waals surface area contributed by atoms with E-state index in [1.807, 2.05) is 97.1 Å². The molecule has 0 bridgehead atoms. The number of nitrogens with two attached hydrogens (primary N) is 1. The number of carbonyl (C=O) groups excluding carboxylic acids is 2. The van der Waals surface area contributed by atoms with E-state index in [0.717, 1.165) is 28.9 Å². The summed E-state index contributed by atoms with van der Waals surface area (Å²) in [5, 5.41) is 0. The van der Waals surface area contributed by atoms with Gasteiger partial charge in [-0.25, -0.2) is 4.79 Å². The first-order valence-electron chi connectivity index (χ1n) is 14.2. The van der Waals surface area contributed by atoms with E-state index < -0.39 is 11.7 Å². The van der Waals surface area contributed by atoms with Crippen molar-refractivity contribution in [3.63, 3.8) is 0 Å². The quantitative estimate of drug-likeness (QED) is 0.233. The molecule has 2 aromatic heterocycles. The Kier molecular flexibility index (Phi) is 12.4. The maximum absolute atomic E-state index is 12.6. The zero-order valence-electron chi connectivity index (χ0n) is 25.0. The highest BCUT2D eigenvalue weighted by Gasteiger charge is 2.23. The third-order valence-electron chi connectivity index (χ3n) is 6.43. The predicted octanol–water partition coefficient (Wildman–Crippen LogP) is 6.56. The lowest BCUT2D eigenvalue weighted by atomic mass is 9.89. The molecular formula is C35H42N4O3. The van der Waals surface area contributed by atoms with Crippen LogP contribution in [0.15, 0.2) is 109 Å². The van der Waals surface area contributed by atoms with Gasteiger partial charge < -0.3 is 15.4 Å². The number of hydrogen-bond donors (Lipinski definition) is 1. The second-order valence-corrected chi connectivity index (χ2v) is 11.3. The number of pyridine rings is 2. The van der Waals surface area contributed by atoms with Gasteiger partial charge in [0.05, 0.1) is 6.54 Å². The number of amides is 1. The van der Waals surface area contributed by atoms with E-state index in [2.05, 4.69) is 9.97 Å². The number of ether oxygens (including phenoxy) is 1. The van der Waals surface area contributed by atoms with Crippen LogP contribution in [0.3, 0.4) is 0 Å². The molecule has 1 amide bonds. The second-order valence-electron chi connectivity index (χ2n) is 11.3. The highest BCUT2D eigenvalue weighted by atomic mass is 16.6. The fourth-order valence-electron chi connectivity index (χ4n) is 4.37. The van der Waals surface area contributed by atoms with E-state index in [-0.39, 0.29) is 24.3 Å². The van der Waals surface area contributed by atoms with Crippen molar-refractivity contribution in [3.05, 3.63) is 132 Å². The van der Waals surface area contributed by atoms with Crippen LogP contribution in [0.4, 0.5) is 4.79 Å². The summed E-state index contributed by atoms with van der Waals surface area (Å²) >= 11 is 0. The molecule has 0 fully saturated rings. The van der Waals surface area contributed by atoms with Gasteiger partial charge in [0.15, 0.2) is 5.78 Å². The summed E-state index contributed by atoms with van der Waals surface area (Å²) in [6.45, 7) is 5.44. The summed E-state index contributed by atoms with van der Waals surface area (Å²) in [5.41, 5.74) is 9.73. The molecule has 0 saturated heterocycles. The van der Waals surface area contributed by atoms with Crippen molar-refractivity contribution in [3.8, 4) is 0 Å². The number of aromatic nitrogens is 2. The molecule has 0 spiro atoms. The summed E-state index contributed by atoms with van der Waals surface area (Å²) in [6.07, 6.45) is 4.87. The molecule has 2 heterocycles. The van der Waals surface area contributed by atoms with Crippen molar-refractivity contribution >= 4 is 11.9 Å². The van der Waals surface area contributed by atoms with Crippen LogP contribution in [-0.4, -0.2) is 45.9 Å². The molecule has 7 nitrogen and oxygen atoms in total. The van der Waals surface area contributed by atoms with Gasteiger partial charge in [-0.15, -0.1) is 0 Å². The van der Waals surface area contributed by atoms with Crippen molar-refractivity contribution in [2.24, 2.45) is 5.73 Å². The highest BCUT2D eigenvalue weighted by Crippen LogP contribution is 2.24. The molecule has 2 N–H and O–H groups in total. The Balaban J connectivity index is 0.000000271. The number of nitrogens with zero attached hydrogens (tertiary/aromatic N) is 3. The smallest absolute Gasteiger partial charge is 0.410 e. The average Bonchev–Trinajstić information content (AvgIpc) is 2.98. The van der Waals surface area contributed by atoms with Crippen LogP contribution >= 0.6 is 0 Å². The summed E-state index contributed by atoms with van der Waals surface area (Å²) in [5.74, 6) is 0.00813. The van der Waals surface area contributed by atoms with Crippen LogP contribution in [0.5, 0.6) is 0 Å². The van der Waals surface area contributed by atoms with Crippen LogP contribution in [0, 0.1) is 0 Å². The van der Waals surface area contributed by atoms with Gasteiger partial charge in [-0.3, -0.25) is 14.8 Å². The van der Waals surface area contributed by atoms with Crippen LogP contribution in [0.25, 0.3) is 0 Å². The zero-order chi connectivity index (χ0) is 30.4. The summed E-state index contributed by atoms with van der Waals surface area (Å²) < 4.78 is 5.31. The van der Waals surface area contributed by atoms with E-state index in [0.29, 0.717) is 12.8 Å². The molecule has 4 rings (SSSR count). The number of ketones is 1. The van der Waals surface area contributed by atoms with Gasteiger partial charge in [0.2, 0.25) is 0 Å². The minimum absolute atomic E-state index is 0.00635. The summed E-state index contributed by atoms with van der Waals surface area (Å²) in [7, 11) is 1.59. The molecule has 0 aliphatic rings. The minimum Gasteiger partial charge on any atom is -0.444 e. The molecule has 2 atom stereocenters. The number of benzene rings is 2. The van der Waals surface area contributed by atoms with Crippen molar-refractivity contribution in [2.45, 2.75) is 57.6 Å². The third-order valence-corrected chi connectivity index (χ3v) is 6.43. The molecule has 7 heteroatoms. The Bertz CT molecular complexity index is 1340. The number of Topliss-reactive ketones (excluding diaryl/α,β-unsaturated/α-hetero) is 1. The van der Waals surface area contributed by atoms with Crippen LogP contribution in [0.1, 0.15) is 61.7 Å². The minimum atomic E-state index is -0.583. The first kappa shape index (κ1) is 32.2. The summed E-state index contributed by atoms with van der Waals surface area (Å²) in [6, 6.07) is 31.8. The third kappa shape index (κ3) is 11.6. The number of likely N-dealkylation sites (N-methyl/N-ethyl adjacent to an activating group) is 1. The molecule has 0 unspecified atom stereocenters. The molecule has 0 aliphatic heterocycles. The van der Waals surface area contributed by atoms with Crippen molar-refractivity contribution < 1.29 is 14.3 Å². The number of carbonyl (C=O) groups is 2. The van der Waals surface area contributed by atoms with Crippen molar-refractivity contribution in [2.75, 3.05) is 13.6 Å². The lowest BCUT2D eigenvalue weighted by Gasteiger charge is -2.25. The van der Waals surface area contributed by atoms with E-state index in [1.54, 1.807) is 40.2 Å². The molecule has 0 saturated carbocycles. The normalized spacial score (nSPS) is 12.3. The van der Waals surface area contributed by atoms with Crippen molar-refractivity contribution in [1.29, 1.82) is 0 Å². The molecular weight excluding hydrogens is 524 g/mol. The first-order valence-corrected chi connectivity index (χ1v) is 14.2. The monoisotopic (exact) mass is 566 g/mol. The van der Waals surface area contributed by atoms with E-state index in [1.165, 1.54) is 4.90 Å². The molecule has 2 aromatic carbocycles. The fraction of sp³-hybridized carbons (Fsp3) is 0.314. The fourth-order valence-corrected chi connectivity index (χ4v) is 4.37. The van der Waals surface area contributed by atoms with Gasteiger partial charge in [-0.1, -0.05) is 72.8 Å². The molecule has 0 aliphatic carbocycles. The molecule has 0 radical (unpaired) electrons. The maximum Gasteiger partial charge on any atom is 0.410 e. The Labute approximate surface area is 249 Å². The molecule has 220 valence electrons. The topological polar surface area (TPSA) is 98.4 Å². The lowest BCUT2D eigenvalue weighted by Crippen LogP contribution is -2.37. The largest absolute Gasteiger partial charge is 0.444 e. The van der Waals surface area contributed by atoms with E-state index in [9.17, 15) is 9.59 Å². The van der Waals surface area contributed by atoms with E-state index >= 15 is 0 Å². The molecule has 42 heavy (non-hydrogen) atoms. The Morgan fingerprint density at radius 2 is 1.26 bits per heavy atom. The second kappa shape index (κ2) is 16.2. The van der Waals surface area contributed by atoms with Gasteiger partial charge in [-0.2, -0.15) is 0 Å². The number of hydrogen-bond acceptors (Lipinski definition) is 6. The molecule has 4 aromatic rings. The Hall–Kier alpha value is -4.36. The van der Waals surface area contributed by atoms with E-state index in [4.69, 9.17) is 10.5 Å². The van der Waals surface area contributed by atoms with Gasteiger partial charge in [0.1, 0.15) is 5.60 Å². The van der Waals surface area contributed by atoms with Gasteiger partial charge in [0, 0.05) is 49.7 Å². The number of rotatable bonds is 10. The first-order chi connectivity index (χ1) is 20.1. The van der Waals surface area contributed by atoms with Gasteiger partial charge in [-0.05, 0) is 68.5 Å². The van der Waals surface area contributed by atoms with Crippen LogP contribution < -0.4 is 5.73 Å². The van der Waals surface area contributed by atoms with Crippen LogP contribution in [0.2, 0.25) is 0 Å².